The van der Waals surface area contributed by atoms with E-state index in [-0.39, 0.29) is 45.0 Å². The van der Waals surface area contributed by atoms with E-state index in [0.29, 0.717) is 5.02 Å². The SMILES string of the molecule is O=C(Cc1cccs1)NC1C(=O)N2C(C(=O)O)=C(COC(=O)Oc3cccc(Cl)c3Oc3ccc(Cl)cc3Cl)CS(=O)[C@@H]12. The van der Waals surface area contributed by atoms with E-state index < -0.39 is 58.5 Å². The number of fused-ring (bicyclic) bond motifs is 1. The number of halogens is 3. The van der Waals surface area contributed by atoms with Crippen LogP contribution in [-0.4, -0.2) is 61.9 Å². The fraction of sp³-hybridized carbons (Fsp3) is 0.185. The molecule has 0 aliphatic carbocycles. The van der Waals surface area contributed by atoms with Crippen LogP contribution < -0.4 is 14.8 Å². The fourth-order valence-corrected chi connectivity index (χ4v) is 7.38. The van der Waals surface area contributed by atoms with Crippen LogP contribution in [-0.2, 0) is 36.3 Å². The van der Waals surface area contributed by atoms with E-state index in [0.717, 1.165) is 9.78 Å². The molecule has 2 aromatic carbocycles. The number of aliphatic carboxylic acids is 1. The standard InChI is InChI=1S/C27H19Cl3N2O9S2/c28-14-6-7-18(17(30)9-14)40-23-16(29)4-1-5-19(23)41-27(37)39-11-13-12-43(38)25-21(24(34)32(25)22(13)26(35)36)31-20(33)10-15-3-2-8-42-15/h1-9,21,25H,10-12H2,(H,31,33)(H,35,36)/t21?,25-,43?/m0/s1. The highest BCUT2D eigenvalue weighted by Gasteiger charge is 2.57. The number of β-lactam (4-membered cyclic amide) rings is 1. The van der Waals surface area contributed by atoms with Crippen LogP contribution in [0.2, 0.25) is 15.1 Å². The second kappa shape index (κ2) is 12.9. The molecule has 2 N–H and O–H groups in total. The molecular weight excluding hydrogens is 667 g/mol. The number of hydrogen-bond acceptors (Lipinski definition) is 9. The molecule has 2 aliphatic heterocycles. The van der Waals surface area contributed by atoms with Crippen molar-refractivity contribution in [3.8, 4) is 17.2 Å². The first-order chi connectivity index (χ1) is 20.5. The molecular formula is C27H19Cl3N2O9S2. The Morgan fingerprint density at radius 1 is 1.07 bits per heavy atom. The second-order valence-corrected chi connectivity index (χ2v) is 12.9. The molecule has 3 atom stereocenters. The van der Waals surface area contributed by atoms with E-state index in [1.165, 1.54) is 47.7 Å². The van der Waals surface area contributed by atoms with Gasteiger partial charge in [-0.2, -0.15) is 0 Å². The van der Waals surface area contributed by atoms with Crippen LogP contribution in [0.15, 0.2) is 65.2 Å². The molecule has 5 rings (SSSR count). The van der Waals surface area contributed by atoms with Crippen molar-refractivity contribution in [2.24, 2.45) is 0 Å². The van der Waals surface area contributed by atoms with Crippen LogP contribution >= 0.6 is 46.1 Å². The van der Waals surface area contributed by atoms with E-state index in [1.54, 1.807) is 17.5 Å². The summed E-state index contributed by atoms with van der Waals surface area (Å²) in [5.41, 5.74) is -0.554. The second-order valence-electron chi connectivity index (χ2n) is 9.07. The summed E-state index contributed by atoms with van der Waals surface area (Å²) in [6.07, 6.45) is -1.23. The summed E-state index contributed by atoms with van der Waals surface area (Å²) in [4.78, 5) is 51.7. The molecule has 43 heavy (non-hydrogen) atoms. The van der Waals surface area contributed by atoms with Gasteiger partial charge in [0.05, 0.1) is 33.0 Å². The summed E-state index contributed by atoms with van der Waals surface area (Å²) >= 11 is 19.7. The lowest BCUT2D eigenvalue weighted by atomic mass is 10.0. The number of carboxylic acid groups (broad SMARTS) is 1. The zero-order chi connectivity index (χ0) is 30.8. The van der Waals surface area contributed by atoms with Gasteiger partial charge in [-0.15, -0.1) is 11.3 Å². The number of carbonyl (C=O) groups is 4. The number of amides is 2. The molecule has 1 aromatic heterocycles. The highest BCUT2D eigenvalue weighted by Crippen LogP contribution is 2.41. The number of hydrogen-bond donors (Lipinski definition) is 2. The Morgan fingerprint density at radius 3 is 2.56 bits per heavy atom. The molecule has 0 radical (unpaired) electrons. The third kappa shape index (κ3) is 6.65. The van der Waals surface area contributed by atoms with Gasteiger partial charge in [-0.1, -0.05) is 46.9 Å². The van der Waals surface area contributed by atoms with E-state index in [9.17, 15) is 28.5 Å². The van der Waals surface area contributed by atoms with Gasteiger partial charge in [0.25, 0.3) is 5.91 Å². The molecule has 2 unspecified atom stereocenters. The highest BCUT2D eigenvalue weighted by molar-refractivity contribution is 7.86. The lowest BCUT2D eigenvalue weighted by Crippen LogP contribution is -2.73. The first-order valence-electron chi connectivity index (χ1n) is 12.3. The van der Waals surface area contributed by atoms with Crippen molar-refractivity contribution in [1.82, 2.24) is 10.2 Å². The zero-order valence-electron chi connectivity index (χ0n) is 21.6. The molecule has 1 saturated heterocycles. The smallest absolute Gasteiger partial charge is 0.477 e. The van der Waals surface area contributed by atoms with Crippen LogP contribution in [0, 0.1) is 0 Å². The molecule has 3 aromatic rings. The van der Waals surface area contributed by atoms with Crippen molar-refractivity contribution in [3.05, 3.63) is 85.1 Å². The van der Waals surface area contributed by atoms with Gasteiger partial charge in [0.15, 0.2) is 11.5 Å². The third-order valence-electron chi connectivity index (χ3n) is 6.23. The van der Waals surface area contributed by atoms with Crippen LogP contribution in [0.3, 0.4) is 0 Å². The molecule has 11 nitrogen and oxygen atoms in total. The Bertz CT molecular complexity index is 1680. The normalized spacial score (nSPS) is 19.3. The lowest BCUT2D eigenvalue weighted by molar-refractivity contribution is -0.151. The first kappa shape index (κ1) is 30.8. The maximum atomic E-state index is 13.0. The average molecular weight is 686 g/mol. The molecule has 2 amide bonds. The van der Waals surface area contributed by atoms with Gasteiger partial charge < -0.3 is 24.6 Å². The minimum absolute atomic E-state index is 0.0236. The van der Waals surface area contributed by atoms with Crippen molar-refractivity contribution in [3.63, 3.8) is 0 Å². The van der Waals surface area contributed by atoms with E-state index >= 15 is 0 Å². The fourth-order valence-electron chi connectivity index (χ4n) is 4.36. The van der Waals surface area contributed by atoms with Crippen molar-refractivity contribution < 1.29 is 42.7 Å². The predicted molar refractivity (Wildman–Crippen MR) is 158 cm³/mol. The van der Waals surface area contributed by atoms with Crippen LogP contribution in [0.4, 0.5) is 4.79 Å². The van der Waals surface area contributed by atoms with Crippen molar-refractivity contribution in [2.75, 3.05) is 12.4 Å². The minimum atomic E-state index is -1.81. The van der Waals surface area contributed by atoms with E-state index in [2.05, 4.69) is 5.32 Å². The molecule has 224 valence electrons. The van der Waals surface area contributed by atoms with Gasteiger partial charge in [0, 0.05) is 15.5 Å². The Morgan fingerprint density at radius 2 is 1.86 bits per heavy atom. The van der Waals surface area contributed by atoms with Gasteiger partial charge in [0.1, 0.15) is 29.5 Å². The number of carbonyl (C=O) groups excluding carboxylic acids is 3. The van der Waals surface area contributed by atoms with Crippen LogP contribution in [0.1, 0.15) is 4.88 Å². The largest absolute Gasteiger partial charge is 0.514 e. The number of para-hydroxylation sites is 1. The average Bonchev–Trinajstić information content (AvgIpc) is 3.46. The molecule has 0 spiro atoms. The Balaban J connectivity index is 1.27. The molecule has 16 heteroatoms. The molecule has 3 heterocycles. The Hall–Kier alpha value is -3.62. The summed E-state index contributed by atoms with van der Waals surface area (Å²) in [7, 11) is -1.81. The Kier molecular flexibility index (Phi) is 9.28. The number of nitrogens with zero attached hydrogens (tertiary/aromatic N) is 1. The number of ether oxygens (including phenoxy) is 3. The maximum Gasteiger partial charge on any atom is 0.514 e. The molecule has 0 saturated carbocycles. The topological polar surface area (TPSA) is 149 Å². The number of nitrogens with one attached hydrogen (secondary N) is 1. The monoisotopic (exact) mass is 684 g/mol. The van der Waals surface area contributed by atoms with Crippen molar-refractivity contribution in [2.45, 2.75) is 17.8 Å². The summed E-state index contributed by atoms with van der Waals surface area (Å²) in [5.74, 6) is -3.03. The number of benzene rings is 2. The summed E-state index contributed by atoms with van der Waals surface area (Å²) in [5, 5.41) is 13.8. The quantitative estimate of drug-likeness (QED) is 0.180. The number of rotatable bonds is 9. The number of carboxylic acids is 1. The lowest BCUT2D eigenvalue weighted by Gasteiger charge is -2.48. The van der Waals surface area contributed by atoms with Gasteiger partial charge in [-0.25, -0.2) is 9.59 Å². The van der Waals surface area contributed by atoms with Gasteiger partial charge >= 0.3 is 12.1 Å². The van der Waals surface area contributed by atoms with Gasteiger partial charge in [-0.05, 0) is 41.8 Å². The minimum Gasteiger partial charge on any atom is -0.477 e. The summed E-state index contributed by atoms with van der Waals surface area (Å²) in [6.45, 7) is -0.641. The van der Waals surface area contributed by atoms with Crippen molar-refractivity contribution in [1.29, 1.82) is 0 Å². The van der Waals surface area contributed by atoms with Crippen LogP contribution in [0.5, 0.6) is 17.2 Å². The van der Waals surface area contributed by atoms with Gasteiger partial charge in [-0.3, -0.25) is 18.7 Å². The summed E-state index contributed by atoms with van der Waals surface area (Å²) < 4.78 is 29.2. The highest BCUT2D eigenvalue weighted by atomic mass is 35.5. The molecule has 2 aliphatic rings. The molecule has 1 fully saturated rings. The number of thiophene rings is 1. The van der Waals surface area contributed by atoms with Crippen molar-refractivity contribution >= 4 is 80.9 Å². The van der Waals surface area contributed by atoms with E-state index in [1.807, 2.05) is 0 Å². The van der Waals surface area contributed by atoms with E-state index in [4.69, 9.17) is 49.0 Å². The third-order valence-corrected chi connectivity index (χ3v) is 9.59. The predicted octanol–water partition coefficient (Wildman–Crippen LogP) is 5.01. The molecule has 0 bridgehead atoms. The van der Waals surface area contributed by atoms with Gasteiger partial charge in [0.2, 0.25) is 5.91 Å². The zero-order valence-corrected chi connectivity index (χ0v) is 25.5. The maximum absolute atomic E-state index is 13.0. The first-order valence-corrected chi connectivity index (χ1v) is 15.7. The van der Waals surface area contributed by atoms with Crippen LogP contribution in [0.25, 0.3) is 0 Å². The Labute approximate surface area is 265 Å². The summed E-state index contributed by atoms with van der Waals surface area (Å²) in [6, 6.07) is 11.2.